The fourth-order valence-electron chi connectivity index (χ4n) is 2.23. The van der Waals surface area contributed by atoms with E-state index in [4.69, 9.17) is 9.84 Å². The summed E-state index contributed by atoms with van der Waals surface area (Å²) in [6, 6.07) is 3.73. The van der Waals surface area contributed by atoms with Gasteiger partial charge in [0.05, 0.1) is 5.52 Å². The lowest BCUT2D eigenvalue weighted by Crippen LogP contribution is -2.19. The lowest BCUT2D eigenvalue weighted by Gasteiger charge is -2.12. The first-order valence-electron chi connectivity index (χ1n) is 6.59. The van der Waals surface area contributed by atoms with Crippen LogP contribution in [0.15, 0.2) is 29.2 Å². The summed E-state index contributed by atoms with van der Waals surface area (Å²) >= 11 is 0. The average Bonchev–Trinajstić information content (AvgIpc) is 2.45. The van der Waals surface area contributed by atoms with Gasteiger partial charge in [-0.25, -0.2) is 9.18 Å². The molecule has 0 radical (unpaired) electrons. The Morgan fingerprint density at radius 1 is 1.38 bits per heavy atom. The van der Waals surface area contributed by atoms with E-state index in [1.165, 1.54) is 18.3 Å². The van der Waals surface area contributed by atoms with Gasteiger partial charge in [-0.2, -0.15) is 0 Å². The quantitative estimate of drug-likeness (QED) is 0.830. The SMILES string of the molecule is COCCCCn1cc(C(=O)O)c(=O)c2ccc(F)cc21. The van der Waals surface area contributed by atoms with Gasteiger partial charge in [0.25, 0.3) is 0 Å². The predicted molar refractivity (Wildman–Crippen MR) is 76.2 cm³/mol. The van der Waals surface area contributed by atoms with Gasteiger partial charge in [-0.15, -0.1) is 0 Å². The monoisotopic (exact) mass is 293 g/mol. The smallest absolute Gasteiger partial charge is 0.341 e. The minimum atomic E-state index is -1.28. The van der Waals surface area contributed by atoms with Crippen molar-refractivity contribution < 1.29 is 19.0 Å². The number of methoxy groups -OCH3 is 1. The second-order valence-corrected chi connectivity index (χ2v) is 4.73. The van der Waals surface area contributed by atoms with Crippen LogP contribution < -0.4 is 5.43 Å². The van der Waals surface area contributed by atoms with E-state index >= 15 is 0 Å². The van der Waals surface area contributed by atoms with Crippen molar-refractivity contribution in [1.82, 2.24) is 4.57 Å². The lowest BCUT2D eigenvalue weighted by atomic mass is 10.1. The van der Waals surface area contributed by atoms with E-state index in [1.54, 1.807) is 11.7 Å². The zero-order valence-electron chi connectivity index (χ0n) is 11.6. The Kier molecular flexibility index (Phi) is 4.70. The molecular formula is C15H16FNO4. The number of carbonyl (C=O) groups is 1. The number of ether oxygens (including phenoxy) is 1. The fraction of sp³-hybridized carbons (Fsp3) is 0.333. The third-order valence-electron chi connectivity index (χ3n) is 3.27. The number of fused-ring (bicyclic) bond motifs is 1. The van der Waals surface area contributed by atoms with Gasteiger partial charge in [0.1, 0.15) is 11.4 Å². The molecule has 0 saturated carbocycles. The summed E-state index contributed by atoms with van der Waals surface area (Å²) in [6.45, 7) is 1.09. The first-order chi connectivity index (χ1) is 10.0. The lowest BCUT2D eigenvalue weighted by molar-refractivity contribution is 0.0694. The Labute approximate surface area is 120 Å². The number of aromatic carboxylic acids is 1. The second-order valence-electron chi connectivity index (χ2n) is 4.73. The van der Waals surface area contributed by atoms with Crippen molar-refractivity contribution in [1.29, 1.82) is 0 Å². The summed E-state index contributed by atoms with van der Waals surface area (Å²) < 4.78 is 20.0. The van der Waals surface area contributed by atoms with Crippen LogP contribution in [0.5, 0.6) is 0 Å². The Hall–Kier alpha value is -2.21. The highest BCUT2D eigenvalue weighted by Gasteiger charge is 2.14. The van der Waals surface area contributed by atoms with Gasteiger partial charge in [-0.1, -0.05) is 0 Å². The highest BCUT2D eigenvalue weighted by Crippen LogP contribution is 2.15. The van der Waals surface area contributed by atoms with Gasteiger partial charge in [-0.05, 0) is 31.0 Å². The molecule has 1 heterocycles. The van der Waals surface area contributed by atoms with Gasteiger partial charge in [0, 0.05) is 31.8 Å². The van der Waals surface area contributed by atoms with Crippen LogP contribution in [0.3, 0.4) is 0 Å². The standard InChI is InChI=1S/C15H16FNO4/c1-21-7-3-2-6-17-9-12(15(19)20)14(18)11-5-4-10(16)8-13(11)17/h4-5,8-9H,2-3,6-7H2,1H3,(H,19,20). The zero-order chi connectivity index (χ0) is 15.4. The maximum Gasteiger partial charge on any atom is 0.341 e. The van der Waals surface area contributed by atoms with Crippen LogP contribution in [-0.2, 0) is 11.3 Å². The summed E-state index contributed by atoms with van der Waals surface area (Å²) in [4.78, 5) is 23.2. The van der Waals surface area contributed by atoms with Gasteiger partial charge in [0.15, 0.2) is 0 Å². The van der Waals surface area contributed by atoms with E-state index in [0.717, 1.165) is 18.9 Å². The number of benzene rings is 1. The molecule has 6 heteroatoms. The highest BCUT2D eigenvalue weighted by atomic mass is 19.1. The number of halogens is 1. The maximum absolute atomic E-state index is 13.4. The minimum Gasteiger partial charge on any atom is -0.477 e. The zero-order valence-corrected chi connectivity index (χ0v) is 11.6. The molecule has 1 aromatic heterocycles. The molecule has 21 heavy (non-hydrogen) atoms. The second kappa shape index (κ2) is 6.49. The molecule has 0 spiro atoms. The molecule has 0 amide bonds. The third-order valence-corrected chi connectivity index (χ3v) is 3.27. The van der Waals surface area contributed by atoms with Crippen LogP contribution in [0.25, 0.3) is 10.9 Å². The summed E-state index contributed by atoms with van der Waals surface area (Å²) in [5.41, 5.74) is -0.492. The average molecular weight is 293 g/mol. The number of rotatable bonds is 6. The number of unbranched alkanes of at least 4 members (excludes halogenated alkanes) is 1. The number of carboxylic acid groups (broad SMARTS) is 1. The van der Waals surface area contributed by atoms with E-state index in [-0.39, 0.29) is 10.9 Å². The Morgan fingerprint density at radius 2 is 2.14 bits per heavy atom. The van der Waals surface area contributed by atoms with Crippen LogP contribution in [0, 0.1) is 5.82 Å². The largest absolute Gasteiger partial charge is 0.477 e. The molecule has 0 fully saturated rings. The molecule has 0 unspecified atom stereocenters. The number of aryl methyl sites for hydroxylation is 1. The number of carboxylic acids is 1. The molecule has 2 rings (SSSR count). The van der Waals surface area contributed by atoms with Gasteiger partial charge in [0.2, 0.25) is 5.43 Å². The van der Waals surface area contributed by atoms with Gasteiger partial charge < -0.3 is 14.4 Å². The van der Waals surface area contributed by atoms with Crippen molar-refractivity contribution in [3.8, 4) is 0 Å². The van der Waals surface area contributed by atoms with E-state index in [0.29, 0.717) is 18.7 Å². The molecule has 0 saturated heterocycles. The summed E-state index contributed by atoms with van der Waals surface area (Å²) in [7, 11) is 1.60. The molecule has 0 aliphatic carbocycles. The molecule has 1 N–H and O–H groups in total. The summed E-state index contributed by atoms with van der Waals surface area (Å²) in [5, 5.41) is 9.32. The van der Waals surface area contributed by atoms with Crippen LogP contribution in [0.4, 0.5) is 4.39 Å². The van der Waals surface area contributed by atoms with E-state index in [2.05, 4.69) is 0 Å². The van der Waals surface area contributed by atoms with Crippen LogP contribution >= 0.6 is 0 Å². The maximum atomic E-state index is 13.4. The molecule has 1 aromatic carbocycles. The van der Waals surface area contributed by atoms with Crippen molar-refractivity contribution >= 4 is 16.9 Å². The van der Waals surface area contributed by atoms with Crippen LogP contribution in [0.1, 0.15) is 23.2 Å². The molecule has 112 valence electrons. The molecule has 0 atom stereocenters. The Balaban J connectivity index is 2.50. The van der Waals surface area contributed by atoms with Crippen molar-refractivity contribution in [2.45, 2.75) is 19.4 Å². The third kappa shape index (κ3) is 3.28. The number of aromatic nitrogens is 1. The van der Waals surface area contributed by atoms with Crippen LogP contribution in [0.2, 0.25) is 0 Å². The number of hydrogen-bond acceptors (Lipinski definition) is 3. The molecule has 0 aliphatic rings. The Bertz CT molecular complexity index is 723. The van der Waals surface area contributed by atoms with Gasteiger partial charge in [-0.3, -0.25) is 4.79 Å². The molecule has 2 aromatic rings. The number of hydrogen-bond donors (Lipinski definition) is 1. The van der Waals surface area contributed by atoms with Crippen molar-refractivity contribution in [2.24, 2.45) is 0 Å². The number of pyridine rings is 1. The highest BCUT2D eigenvalue weighted by molar-refractivity contribution is 5.92. The Morgan fingerprint density at radius 3 is 2.81 bits per heavy atom. The topological polar surface area (TPSA) is 68.5 Å². The predicted octanol–water partition coefficient (Wildman–Crippen LogP) is 2.27. The molecular weight excluding hydrogens is 277 g/mol. The van der Waals surface area contributed by atoms with Crippen LogP contribution in [-0.4, -0.2) is 29.4 Å². The van der Waals surface area contributed by atoms with Crippen molar-refractivity contribution in [3.05, 3.63) is 46.0 Å². The van der Waals surface area contributed by atoms with Crippen molar-refractivity contribution in [2.75, 3.05) is 13.7 Å². The molecule has 5 nitrogen and oxygen atoms in total. The summed E-state index contributed by atoms with van der Waals surface area (Å²) in [6.07, 6.45) is 2.81. The molecule has 0 aliphatic heterocycles. The van der Waals surface area contributed by atoms with E-state index in [1.807, 2.05) is 0 Å². The first kappa shape index (κ1) is 15.2. The fourth-order valence-corrected chi connectivity index (χ4v) is 2.23. The normalized spacial score (nSPS) is 11.0. The summed E-state index contributed by atoms with van der Waals surface area (Å²) in [5.74, 6) is -1.74. The minimum absolute atomic E-state index is 0.211. The van der Waals surface area contributed by atoms with Gasteiger partial charge >= 0.3 is 5.97 Å². The number of nitrogens with zero attached hydrogens (tertiary/aromatic N) is 1. The molecule has 0 bridgehead atoms. The van der Waals surface area contributed by atoms with Crippen molar-refractivity contribution in [3.63, 3.8) is 0 Å². The van der Waals surface area contributed by atoms with E-state index < -0.39 is 17.2 Å². The van der Waals surface area contributed by atoms with E-state index in [9.17, 15) is 14.0 Å². The first-order valence-corrected chi connectivity index (χ1v) is 6.59.